The average molecular weight is 550 g/mol. The van der Waals surface area contributed by atoms with E-state index in [4.69, 9.17) is 23.6 Å². The molecule has 3 heterocycles. The first-order chi connectivity index (χ1) is 14.8. The van der Waals surface area contributed by atoms with Gasteiger partial charge in [0.2, 0.25) is 0 Å². The van der Waals surface area contributed by atoms with Gasteiger partial charge >= 0.3 is 0 Å². The smallest absolute Gasteiger partial charge is 0.193 e. The van der Waals surface area contributed by atoms with Crippen LogP contribution >= 0.6 is 24.0 Å². The highest BCUT2D eigenvalue weighted by atomic mass is 127. The second kappa shape index (κ2) is 15.8. The van der Waals surface area contributed by atoms with Crippen LogP contribution in [0.15, 0.2) is 27.8 Å². The van der Waals surface area contributed by atoms with Crippen molar-refractivity contribution in [3.63, 3.8) is 0 Å². The molecule has 0 radical (unpaired) electrons. The third-order valence-corrected chi connectivity index (χ3v) is 5.60. The maximum Gasteiger partial charge on any atom is 0.193 e. The molecule has 0 aromatic carbocycles. The lowest BCUT2D eigenvalue weighted by atomic mass is 10.1. The topological polar surface area (TPSA) is 71.7 Å². The van der Waals surface area contributed by atoms with Crippen molar-refractivity contribution in [3.05, 3.63) is 24.2 Å². The van der Waals surface area contributed by atoms with E-state index in [2.05, 4.69) is 15.1 Å². The Morgan fingerprint density at radius 2 is 2.00 bits per heavy atom. The van der Waals surface area contributed by atoms with Crippen molar-refractivity contribution in [1.82, 2.24) is 15.1 Å². The normalized spacial score (nSPS) is 18.7. The van der Waals surface area contributed by atoms with Crippen molar-refractivity contribution in [2.75, 3.05) is 79.4 Å². The van der Waals surface area contributed by atoms with Gasteiger partial charge in [-0.3, -0.25) is 9.89 Å². The van der Waals surface area contributed by atoms with Crippen molar-refractivity contribution >= 4 is 29.9 Å². The van der Waals surface area contributed by atoms with E-state index in [0.29, 0.717) is 6.10 Å². The molecular formula is C22H39IN4O4. The molecule has 0 aliphatic carbocycles. The summed E-state index contributed by atoms with van der Waals surface area (Å²) in [5.74, 6) is 2.01. The summed E-state index contributed by atoms with van der Waals surface area (Å²) in [7, 11) is 1.73. The van der Waals surface area contributed by atoms with Gasteiger partial charge < -0.3 is 28.8 Å². The first-order valence-electron chi connectivity index (χ1n) is 11.3. The van der Waals surface area contributed by atoms with Crippen LogP contribution in [0.4, 0.5) is 0 Å². The number of furan rings is 1. The van der Waals surface area contributed by atoms with Gasteiger partial charge in [0.05, 0.1) is 32.1 Å². The van der Waals surface area contributed by atoms with E-state index in [0.717, 1.165) is 110 Å². The number of nitrogens with one attached hydrogen (secondary N) is 1. The quantitative estimate of drug-likeness (QED) is 0.196. The maximum absolute atomic E-state index is 6.01. The molecule has 1 aromatic rings. The number of rotatable bonds is 11. The lowest BCUT2D eigenvalue weighted by molar-refractivity contribution is 0.00987. The number of guanidine groups is 1. The lowest BCUT2D eigenvalue weighted by Gasteiger charge is -2.34. The molecule has 0 saturated carbocycles. The Labute approximate surface area is 203 Å². The maximum atomic E-state index is 6.01. The fraction of sp³-hybridized carbons (Fsp3) is 0.773. The predicted molar refractivity (Wildman–Crippen MR) is 132 cm³/mol. The van der Waals surface area contributed by atoms with Gasteiger partial charge in [-0.15, -0.1) is 24.0 Å². The molecule has 0 atom stereocenters. The number of halogens is 1. The van der Waals surface area contributed by atoms with Crippen LogP contribution in [0.3, 0.4) is 0 Å². The first-order valence-corrected chi connectivity index (χ1v) is 11.3. The van der Waals surface area contributed by atoms with Gasteiger partial charge in [-0.05, 0) is 31.4 Å². The number of ether oxygens (including phenoxy) is 3. The van der Waals surface area contributed by atoms with Gasteiger partial charge in [-0.1, -0.05) is 0 Å². The molecule has 2 aliphatic rings. The van der Waals surface area contributed by atoms with E-state index in [-0.39, 0.29) is 24.0 Å². The van der Waals surface area contributed by atoms with Crippen molar-refractivity contribution in [2.45, 2.75) is 31.8 Å². The van der Waals surface area contributed by atoms with Gasteiger partial charge in [-0.2, -0.15) is 0 Å². The van der Waals surface area contributed by atoms with Crippen LogP contribution in [0.5, 0.6) is 0 Å². The van der Waals surface area contributed by atoms with Crippen molar-refractivity contribution in [2.24, 2.45) is 4.99 Å². The Morgan fingerprint density at radius 3 is 2.71 bits per heavy atom. The minimum atomic E-state index is 0. The number of hydrogen-bond acceptors (Lipinski definition) is 6. The number of nitrogens with zero attached hydrogens (tertiary/aromatic N) is 3. The van der Waals surface area contributed by atoms with Crippen LogP contribution in [0.1, 0.15) is 25.0 Å². The first kappa shape index (κ1) is 26.4. The van der Waals surface area contributed by atoms with Gasteiger partial charge in [0.15, 0.2) is 5.96 Å². The molecule has 8 nitrogen and oxygen atoms in total. The molecule has 31 heavy (non-hydrogen) atoms. The lowest BCUT2D eigenvalue weighted by Crippen LogP contribution is -2.48. The predicted octanol–water partition coefficient (Wildman–Crippen LogP) is 2.24. The van der Waals surface area contributed by atoms with Crippen LogP contribution in [0, 0.1) is 0 Å². The molecule has 0 spiro atoms. The van der Waals surface area contributed by atoms with Gasteiger partial charge in [0, 0.05) is 66.0 Å². The van der Waals surface area contributed by atoms with E-state index in [1.54, 1.807) is 13.4 Å². The summed E-state index contributed by atoms with van der Waals surface area (Å²) in [4.78, 5) is 9.73. The highest BCUT2D eigenvalue weighted by Gasteiger charge is 2.22. The molecule has 0 bridgehead atoms. The molecule has 2 saturated heterocycles. The molecule has 1 aromatic heterocycles. The highest BCUT2D eigenvalue weighted by molar-refractivity contribution is 14.0. The third kappa shape index (κ3) is 10.1. The van der Waals surface area contributed by atoms with Gasteiger partial charge in [0.25, 0.3) is 0 Å². The zero-order valence-corrected chi connectivity index (χ0v) is 21.1. The Bertz CT molecular complexity index is 588. The molecule has 3 rings (SSSR count). The SMILES string of the molecule is COCCCOC1CCN(C(=NCCN2CCOCC2)NCCc2ccco2)CC1.I. The summed E-state index contributed by atoms with van der Waals surface area (Å²) in [5, 5.41) is 3.56. The molecule has 0 unspecified atom stereocenters. The number of piperidine rings is 1. The molecule has 2 fully saturated rings. The minimum absolute atomic E-state index is 0. The average Bonchev–Trinajstić information content (AvgIpc) is 3.30. The van der Waals surface area contributed by atoms with Crippen LogP contribution in [0.25, 0.3) is 0 Å². The third-order valence-electron chi connectivity index (χ3n) is 5.60. The van der Waals surface area contributed by atoms with E-state index >= 15 is 0 Å². The monoisotopic (exact) mass is 550 g/mol. The zero-order chi connectivity index (χ0) is 20.9. The van der Waals surface area contributed by atoms with E-state index in [9.17, 15) is 0 Å². The molecule has 9 heteroatoms. The van der Waals surface area contributed by atoms with Crippen LogP contribution in [0.2, 0.25) is 0 Å². The van der Waals surface area contributed by atoms with E-state index < -0.39 is 0 Å². The van der Waals surface area contributed by atoms with E-state index in [1.807, 2.05) is 12.1 Å². The summed E-state index contributed by atoms with van der Waals surface area (Å²) in [6.45, 7) is 9.74. The summed E-state index contributed by atoms with van der Waals surface area (Å²) in [5.41, 5.74) is 0. The van der Waals surface area contributed by atoms with Crippen LogP contribution in [-0.4, -0.2) is 101 Å². The summed E-state index contributed by atoms with van der Waals surface area (Å²) in [6, 6.07) is 3.95. The highest BCUT2D eigenvalue weighted by Crippen LogP contribution is 2.14. The van der Waals surface area contributed by atoms with Crippen molar-refractivity contribution < 1.29 is 18.6 Å². The fourth-order valence-electron chi connectivity index (χ4n) is 3.83. The second-order valence-corrected chi connectivity index (χ2v) is 7.82. The number of hydrogen-bond donors (Lipinski definition) is 1. The minimum Gasteiger partial charge on any atom is -0.469 e. The second-order valence-electron chi connectivity index (χ2n) is 7.82. The number of morpholine rings is 1. The summed E-state index contributed by atoms with van der Waals surface area (Å²) in [6.07, 6.45) is 5.96. The Morgan fingerprint density at radius 1 is 1.19 bits per heavy atom. The van der Waals surface area contributed by atoms with Gasteiger partial charge in [0.1, 0.15) is 5.76 Å². The van der Waals surface area contributed by atoms with Crippen LogP contribution in [-0.2, 0) is 20.6 Å². The molecule has 2 aliphatic heterocycles. The van der Waals surface area contributed by atoms with Gasteiger partial charge in [-0.25, -0.2) is 0 Å². The number of likely N-dealkylation sites (tertiary alicyclic amines) is 1. The largest absolute Gasteiger partial charge is 0.469 e. The summed E-state index contributed by atoms with van der Waals surface area (Å²) >= 11 is 0. The Kier molecular flexibility index (Phi) is 13.5. The number of methoxy groups -OCH3 is 1. The standard InChI is InChI=1S/C22H38N4O4.HI/c1-27-15-3-17-30-21-6-10-26(11-7-21)22(23-8-5-20-4-2-16-29-20)24-9-12-25-13-18-28-19-14-25;/h2,4,16,21H,3,5-15,17-19H2,1H3,(H,23,24);1H. The van der Waals surface area contributed by atoms with Crippen molar-refractivity contribution in [3.8, 4) is 0 Å². The number of aliphatic imine (C=N–C) groups is 1. The Balaban J connectivity index is 0.00000341. The fourth-order valence-corrected chi connectivity index (χ4v) is 3.83. The zero-order valence-electron chi connectivity index (χ0n) is 18.8. The van der Waals surface area contributed by atoms with E-state index in [1.165, 1.54) is 0 Å². The molecule has 1 N–H and O–H groups in total. The molecule has 0 amide bonds. The van der Waals surface area contributed by atoms with Crippen molar-refractivity contribution in [1.29, 1.82) is 0 Å². The van der Waals surface area contributed by atoms with Crippen LogP contribution < -0.4 is 5.32 Å². The molecular weight excluding hydrogens is 511 g/mol. The summed E-state index contributed by atoms with van der Waals surface area (Å²) < 4.78 is 22.0. The Hall–Kier alpha value is -0.880. The molecule has 178 valence electrons.